The largest absolute Gasteiger partial charge is 0.496 e. The Morgan fingerprint density at radius 1 is 1.00 bits per heavy atom. The Hall–Kier alpha value is -4.65. The van der Waals surface area contributed by atoms with Gasteiger partial charge in [0.1, 0.15) is 11.5 Å². The average Bonchev–Trinajstić information content (AvgIpc) is 2.98. The third-order valence-electron chi connectivity index (χ3n) is 5.91. The van der Waals surface area contributed by atoms with E-state index in [0.29, 0.717) is 22.3 Å². The number of aromatic nitrogens is 1. The van der Waals surface area contributed by atoms with Gasteiger partial charge in [0.05, 0.1) is 44.4 Å². The molecule has 0 aliphatic heterocycles. The van der Waals surface area contributed by atoms with Crippen molar-refractivity contribution in [2.45, 2.75) is 6.42 Å². The number of ether oxygens (including phenoxy) is 3. The molecule has 4 N–H and O–H groups in total. The molecule has 3 aromatic carbocycles. The van der Waals surface area contributed by atoms with Crippen molar-refractivity contribution in [1.82, 2.24) is 15.6 Å². The maximum Gasteiger partial charge on any atom is 0.255 e. The monoisotopic (exact) mass is 592 g/mol. The number of fused-ring (bicyclic) bond motifs is 1. The first-order valence-corrected chi connectivity index (χ1v) is 13.3. The second kappa shape index (κ2) is 14.8. The lowest BCUT2D eigenvalue weighted by Crippen LogP contribution is -2.35. The van der Waals surface area contributed by atoms with Crippen LogP contribution in [0.15, 0.2) is 72.9 Å². The summed E-state index contributed by atoms with van der Waals surface area (Å²) in [6.45, 7) is 0.519. The molecule has 0 aliphatic carbocycles. The molecular weight excluding hydrogens is 563 g/mol. The van der Waals surface area contributed by atoms with Gasteiger partial charge < -0.3 is 35.3 Å². The van der Waals surface area contributed by atoms with Crippen LogP contribution in [-0.4, -0.2) is 60.5 Å². The number of thiocarbonyl (C=S) groups is 1. The van der Waals surface area contributed by atoms with Gasteiger partial charge in [-0.15, -0.1) is 0 Å². The number of nitrogens with one attached hydrogen (secondary N) is 3. The van der Waals surface area contributed by atoms with Gasteiger partial charge >= 0.3 is 0 Å². The van der Waals surface area contributed by atoms with Crippen molar-refractivity contribution in [1.29, 1.82) is 0 Å². The average molecular weight is 593 g/mol. The molecule has 42 heavy (non-hydrogen) atoms. The van der Waals surface area contributed by atoms with Crippen LogP contribution in [0.5, 0.6) is 17.2 Å². The van der Waals surface area contributed by atoms with E-state index in [9.17, 15) is 9.59 Å². The number of carbonyl (C=O) groups is 2. The number of aliphatic hydroxyl groups is 1. The van der Waals surface area contributed by atoms with Crippen molar-refractivity contribution in [3.05, 3.63) is 89.9 Å². The number of hydrogen-bond donors (Lipinski definition) is 4. The lowest BCUT2D eigenvalue weighted by molar-refractivity contribution is -0.119. The minimum Gasteiger partial charge on any atom is -0.496 e. The Morgan fingerprint density at radius 2 is 1.81 bits per heavy atom. The van der Waals surface area contributed by atoms with Crippen molar-refractivity contribution in [3.8, 4) is 17.2 Å². The van der Waals surface area contributed by atoms with Gasteiger partial charge in [0.15, 0.2) is 16.7 Å². The number of rotatable bonds is 12. The second-order valence-electron chi connectivity index (χ2n) is 8.88. The van der Waals surface area contributed by atoms with Gasteiger partial charge in [-0.3, -0.25) is 14.6 Å². The number of halogens is 1. The van der Waals surface area contributed by atoms with Crippen LogP contribution in [-0.2, 0) is 16.0 Å². The number of hydrogen-bond acceptors (Lipinski definition) is 8. The van der Waals surface area contributed by atoms with E-state index in [1.807, 2.05) is 30.3 Å². The third kappa shape index (κ3) is 8.19. The van der Waals surface area contributed by atoms with Gasteiger partial charge in [-0.2, -0.15) is 0 Å². The normalized spacial score (nSPS) is 10.6. The Labute approximate surface area is 246 Å². The number of anilines is 1. The van der Waals surface area contributed by atoms with Gasteiger partial charge in [0.2, 0.25) is 5.91 Å². The highest BCUT2D eigenvalue weighted by molar-refractivity contribution is 7.80. The van der Waals surface area contributed by atoms with Crippen LogP contribution in [0.1, 0.15) is 15.9 Å². The molecule has 0 bridgehead atoms. The number of methoxy groups -OCH3 is 1. The number of aliphatic hydroxyl groups excluding tert-OH is 1. The fourth-order valence-corrected chi connectivity index (χ4v) is 4.21. The van der Waals surface area contributed by atoms with Crippen LogP contribution in [0.3, 0.4) is 0 Å². The zero-order valence-corrected chi connectivity index (χ0v) is 23.5. The summed E-state index contributed by atoms with van der Waals surface area (Å²) in [6, 6.07) is 18.1. The van der Waals surface area contributed by atoms with E-state index in [0.717, 1.165) is 5.56 Å². The maximum absolute atomic E-state index is 15.1. The summed E-state index contributed by atoms with van der Waals surface area (Å²) in [4.78, 5) is 29.4. The molecule has 1 heterocycles. The van der Waals surface area contributed by atoms with Crippen molar-refractivity contribution in [2.75, 3.05) is 38.8 Å². The molecule has 0 unspecified atom stereocenters. The molecule has 1 aromatic heterocycles. The van der Waals surface area contributed by atoms with E-state index in [1.165, 1.54) is 25.4 Å². The summed E-state index contributed by atoms with van der Waals surface area (Å²) in [6.07, 6.45) is 1.65. The maximum atomic E-state index is 15.1. The van der Waals surface area contributed by atoms with Crippen LogP contribution >= 0.6 is 12.2 Å². The standard InChI is InChI=1S/C30H29FN4O6S/c1-39-27-18-24-21(17-22(27)29(38)33-11-13-40-14-12-36)25(9-10-32-24)41-26-8-7-20(16-23(26)31)34-30(42)35-28(37)15-19-5-3-2-4-6-19/h2-10,16-18,36H,11-15H2,1H3,(H,33,38)(H2,34,35,37,42). The minimum absolute atomic E-state index is 0.0313. The molecule has 0 saturated carbocycles. The molecule has 0 spiro atoms. The van der Waals surface area contributed by atoms with Gasteiger partial charge in [-0.25, -0.2) is 4.39 Å². The number of benzene rings is 3. The minimum atomic E-state index is -0.683. The van der Waals surface area contributed by atoms with Gasteiger partial charge in [0.25, 0.3) is 5.91 Å². The Morgan fingerprint density at radius 3 is 2.55 bits per heavy atom. The predicted molar refractivity (Wildman–Crippen MR) is 160 cm³/mol. The lowest BCUT2D eigenvalue weighted by atomic mass is 10.1. The number of amides is 2. The van der Waals surface area contributed by atoms with Crippen molar-refractivity contribution < 1.29 is 33.3 Å². The topological polar surface area (TPSA) is 131 Å². The van der Waals surface area contributed by atoms with E-state index in [2.05, 4.69) is 20.9 Å². The smallest absolute Gasteiger partial charge is 0.255 e. The van der Waals surface area contributed by atoms with Gasteiger partial charge in [-0.1, -0.05) is 30.3 Å². The first-order chi connectivity index (χ1) is 20.4. The van der Waals surface area contributed by atoms with E-state index < -0.39 is 11.7 Å². The molecule has 218 valence electrons. The molecule has 12 heteroatoms. The summed E-state index contributed by atoms with van der Waals surface area (Å²) >= 11 is 5.20. The van der Waals surface area contributed by atoms with Crippen LogP contribution in [0.4, 0.5) is 10.1 Å². The predicted octanol–water partition coefficient (Wildman–Crippen LogP) is 3.97. The number of pyridine rings is 1. The fourth-order valence-electron chi connectivity index (χ4n) is 3.98. The van der Waals surface area contributed by atoms with Crippen molar-refractivity contribution >= 4 is 45.7 Å². The van der Waals surface area contributed by atoms with Crippen LogP contribution in [0.25, 0.3) is 10.9 Å². The highest BCUT2D eigenvalue weighted by Crippen LogP contribution is 2.34. The van der Waals surface area contributed by atoms with E-state index >= 15 is 4.39 Å². The molecule has 4 rings (SSSR count). The van der Waals surface area contributed by atoms with Crippen LogP contribution in [0.2, 0.25) is 0 Å². The molecule has 10 nitrogen and oxygen atoms in total. The summed E-state index contributed by atoms with van der Waals surface area (Å²) in [5.74, 6) is -0.902. The highest BCUT2D eigenvalue weighted by atomic mass is 32.1. The zero-order valence-electron chi connectivity index (χ0n) is 22.7. The van der Waals surface area contributed by atoms with E-state index in [4.69, 9.17) is 31.5 Å². The summed E-state index contributed by atoms with van der Waals surface area (Å²) in [7, 11) is 1.44. The number of nitrogens with zero attached hydrogens (tertiary/aromatic N) is 1. The quantitative estimate of drug-likeness (QED) is 0.143. The zero-order chi connectivity index (χ0) is 29.9. The molecule has 0 saturated heterocycles. The Bertz CT molecular complexity index is 1570. The summed E-state index contributed by atoms with van der Waals surface area (Å²) in [5, 5.41) is 17.4. The molecule has 2 amide bonds. The molecular formula is C30H29FN4O6S. The lowest BCUT2D eigenvalue weighted by Gasteiger charge is -2.14. The fraction of sp³-hybridized carbons (Fsp3) is 0.200. The number of carbonyl (C=O) groups excluding carboxylic acids is 2. The van der Waals surface area contributed by atoms with E-state index in [-0.39, 0.29) is 60.9 Å². The van der Waals surface area contributed by atoms with Crippen LogP contribution in [0, 0.1) is 5.82 Å². The summed E-state index contributed by atoms with van der Waals surface area (Å²) < 4.78 is 31.5. The first kappa shape index (κ1) is 30.3. The first-order valence-electron chi connectivity index (χ1n) is 12.9. The van der Waals surface area contributed by atoms with Gasteiger partial charge in [-0.05, 0) is 42.0 Å². The molecule has 4 aromatic rings. The highest BCUT2D eigenvalue weighted by Gasteiger charge is 2.17. The second-order valence-corrected chi connectivity index (χ2v) is 9.29. The summed E-state index contributed by atoms with van der Waals surface area (Å²) in [5.41, 5.74) is 1.86. The van der Waals surface area contributed by atoms with Crippen molar-refractivity contribution in [2.24, 2.45) is 0 Å². The van der Waals surface area contributed by atoms with Crippen LogP contribution < -0.4 is 25.4 Å². The molecule has 0 aliphatic rings. The van der Waals surface area contributed by atoms with Gasteiger partial charge in [0, 0.05) is 35.9 Å². The molecule has 0 radical (unpaired) electrons. The molecule has 0 atom stereocenters. The van der Waals surface area contributed by atoms with Crippen molar-refractivity contribution in [3.63, 3.8) is 0 Å². The Balaban J connectivity index is 1.45. The van der Waals surface area contributed by atoms with E-state index in [1.54, 1.807) is 24.3 Å². The molecule has 0 fully saturated rings. The SMILES string of the molecule is COc1cc2nccc(Oc3ccc(NC(=S)NC(=O)Cc4ccccc4)cc3F)c2cc1C(=O)NCCOCCO. The third-order valence-corrected chi connectivity index (χ3v) is 6.11. The Kier molecular flexibility index (Phi) is 10.7.